The zero-order valence-electron chi connectivity index (χ0n) is 13.5. The van der Waals surface area contributed by atoms with Gasteiger partial charge < -0.3 is 10.6 Å². The molecule has 0 unspecified atom stereocenters. The Morgan fingerprint density at radius 2 is 1.88 bits per heavy atom. The van der Waals surface area contributed by atoms with Gasteiger partial charge in [0.15, 0.2) is 0 Å². The van der Waals surface area contributed by atoms with Crippen LogP contribution in [0.2, 0.25) is 0 Å². The Hall–Kier alpha value is -2.41. The molecule has 24 heavy (non-hydrogen) atoms. The number of likely N-dealkylation sites (tertiary alicyclic amines) is 1. The van der Waals surface area contributed by atoms with Crippen molar-refractivity contribution in [2.75, 3.05) is 31.6 Å². The third kappa shape index (κ3) is 3.91. The fourth-order valence-corrected chi connectivity index (χ4v) is 3.07. The highest BCUT2D eigenvalue weighted by molar-refractivity contribution is 5.96. The lowest BCUT2D eigenvalue weighted by molar-refractivity contribution is -0.132. The second-order valence-electron chi connectivity index (χ2n) is 6.19. The van der Waals surface area contributed by atoms with E-state index in [1.807, 2.05) is 30.3 Å². The molecule has 7 nitrogen and oxygen atoms in total. The van der Waals surface area contributed by atoms with Gasteiger partial charge in [0, 0.05) is 37.7 Å². The van der Waals surface area contributed by atoms with Gasteiger partial charge in [0.05, 0.1) is 6.67 Å². The summed E-state index contributed by atoms with van der Waals surface area (Å²) in [5.74, 6) is -0.136. The summed E-state index contributed by atoms with van der Waals surface area (Å²) in [6.07, 6.45) is 1.80. The van der Waals surface area contributed by atoms with Gasteiger partial charge in [0.1, 0.15) is 0 Å². The van der Waals surface area contributed by atoms with Gasteiger partial charge in [-0.2, -0.15) is 0 Å². The summed E-state index contributed by atoms with van der Waals surface area (Å²) in [5, 5.41) is 5.62. The van der Waals surface area contributed by atoms with E-state index < -0.39 is 0 Å². The first-order chi connectivity index (χ1) is 11.6. The number of hydrogen-bond donors (Lipinski definition) is 2. The van der Waals surface area contributed by atoms with E-state index >= 15 is 0 Å². The van der Waals surface area contributed by atoms with Gasteiger partial charge in [-0.05, 0) is 25.0 Å². The Kier molecular flexibility index (Phi) is 5.10. The molecular formula is C17H22N4O3. The van der Waals surface area contributed by atoms with Crippen LogP contribution in [-0.4, -0.2) is 53.9 Å². The topological polar surface area (TPSA) is 81.8 Å². The van der Waals surface area contributed by atoms with Crippen LogP contribution in [-0.2, 0) is 9.59 Å². The molecule has 2 aliphatic heterocycles. The number of hydrogen-bond acceptors (Lipinski definition) is 4. The first kappa shape index (κ1) is 16.4. The maximum Gasteiger partial charge on any atom is 0.325 e. The number of nitrogens with zero attached hydrogens (tertiary/aromatic N) is 2. The summed E-state index contributed by atoms with van der Waals surface area (Å²) >= 11 is 0. The molecule has 0 spiro atoms. The van der Waals surface area contributed by atoms with Crippen LogP contribution in [0.25, 0.3) is 0 Å². The zero-order chi connectivity index (χ0) is 16.9. The summed E-state index contributed by atoms with van der Waals surface area (Å²) < 4.78 is 0. The highest BCUT2D eigenvalue weighted by Crippen LogP contribution is 2.20. The number of carbonyl (C=O) groups excluding carboxylic acids is 3. The lowest BCUT2D eigenvalue weighted by Crippen LogP contribution is -2.54. The number of piperidine rings is 1. The Labute approximate surface area is 141 Å². The number of carbonyl (C=O) groups is 3. The maximum atomic E-state index is 12.3. The quantitative estimate of drug-likeness (QED) is 0.870. The molecule has 4 amide bonds. The van der Waals surface area contributed by atoms with Crippen molar-refractivity contribution < 1.29 is 14.4 Å². The molecule has 0 radical (unpaired) electrons. The van der Waals surface area contributed by atoms with Crippen LogP contribution in [0.3, 0.4) is 0 Å². The fraction of sp³-hybridized carbons (Fsp3) is 0.471. The molecule has 3 rings (SSSR count). The number of imide groups is 1. The standard InChI is InChI=1S/C17H22N4O3/c22-15-6-9-18-17(24)21(15)12-20-10-7-13(8-11-20)16(23)19-14-4-2-1-3-5-14/h1-5,13H,6-12H2,(H,18,24)(H,19,23). The second-order valence-corrected chi connectivity index (χ2v) is 6.19. The van der Waals surface area contributed by atoms with E-state index in [9.17, 15) is 14.4 Å². The Morgan fingerprint density at radius 1 is 1.17 bits per heavy atom. The number of rotatable bonds is 4. The number of anilines is 1. The molecule has 2 saturated heterocycles. The van der Waals surface area contributed by atoms with E-state index in [-0.39, 0.29) is 23.8 Å². The van der Waals surface area contributed by atoms with Gasteiger partial charge in [0.25, 0.3) is 0 Å². The summed E-state index contributed by atoms with van der Waals surface area (Å²) in [5.41, 5.74) is 0.806. The third-order valence-corrected chi connectivity index (χ3v) is 4.50. The molecule has 0 saturated carbocycles. The van der Waals surface area contributed by atoms with Crippen LogP contribution >= 0.6 is 0 Å². The van der Waals surface area contributed by atoms with Crippen molar-refractivity contribution in [1.82, 2.24) is 15.1 Å². The third-order valence-electron chi connectivity index (χ3n) is 4.50. The van der Waals surface area contributed by atoms with Crippen molar-refractivity contribution in [3.05, 3.63) is 30.3 Å². The number of para-hydroxylation sites is 1. The summed E-state index contributed by atoms with van der Waals surface area (Å²) in [6, 6.07) is 9.10. The van der Waals surface area contributed by atoms with E-state index in [1.54, 1.807) is 0 Å². The molecule has 1 aromatic rings. The van der Waals surface area contributed by atoms with E-state index in [0.717, 1.165) is 18.5 Å². The van der Waals surface area contributed by atoms with Crippen molar-refractivity contribution in [1.29, 1.82) is 0 Å². The predicted molar refractivity (Wildman–Crippen MR) is 89.1 cm³/mol. The van der Waals surface area contributed by atoms with Crippen molar-refractivity contribution in [2.45, 2.75) is 19.3 Å². The number of nitrogens with one attached hydrogen (secondary N) is 2. The fourth-order valence-electron chi connectivity index (χ4n) is 3.07. The monoisotopic (exact) mass is 330 g/mol. The highest BCUT2D eigenvalue weighted by atomic mass is 16.2. The number of benzene rings is 1. The summed E-state index contributed by atoms with van der Waals surface area (Å²) in [6.45, 7) is 2.11. The van der Waals surface area contributed by atoms with Crippen LogP contribution in [0.15, 0.2) is 30.3 Å². The van der Waals surface area contributed by atoms with E-state index in [4.69, 9.17) is 0 Å². The molecule has 2 aliphatic rings. The zero-order valence-corrected chi connectivity index (χ0v) is 13.5. The van der Waals surface area contributed by atoms with E-state index in [2.05, 4.69) is 15.5 Å². The highest BCUT2D eigenvalue weighted by Gasteiger charge is 2.30. The normalized spacial score (nSPS) is 19.9. The maximum absolute atomic E-state index is 12.3. The number of amides is 4. The minimum absolute atomic E-state index is 0.0349. The molecule has 0 aliphatic carbocycles. The molecule has 1 aromatic carbocycles. The van der Waals surface area contributed by atoms with Gasteiger partial charge in [-0.25, -0.2) is 4.79 Å². The lowest BCUT2D eigenvalue weighted by atomic mass is 9.96. The molecule has 0 aromatic heterocycles. The second kappa shape index (κ2) is 7.44. The van der Waals surface area contributed by atoms with Gasteiger partial charge in [-0.1, -0.05) is 18.2 Å². The SMILES string of the molecule is O=C(Nc1ccccc1)C1CCN(CN2C(=O)CCNC2=O)CC1. The van der Waals surface area contributed by atoms with Gasteiger partial charge in [-0.3, -0.25) is 19.4 Å². The smallest absolute Gasteiger partial charge is 0.325 e. The molecule has 2 fully saturated rings. The van der Waals surface area contributed by atoms with Crippen molar-refractivity contribution in [3.63, 3.8) is 0 Å². The van der Waals surface area contributed by atoms with Crippen molar-refractivity contribution >= 4 is 23.5 Å². The lowest BCUT2D eigenvalue weighted by Gasteiger charge is -2.35. The molecule has 7 heteroatoms. The van der Waals surface area contributed by atoms with Crippen LogP contribution in [0, 0.1) is 5.92 Å². The Bertz CT molecular complexity index is 596. The number of urea groups is 1. The summed E-state index contributed by atoms with van der Waals surface area (Å²) in [4.78, 5) is 39.2. The van der Waals surface area contributed by atoms with Crippen LogP contribution < -0.4 is 10.6 Å². The molecule has 128 valence electrons. The van der Waals surface area contributed by atoms with Crippen LogP contribution in [0.5, 0.6) is 0 Å². The molecule has 0 bridgehead atoms. The Morgan fingerprint density at radius 3 is 2.54 bits per heavy atom. The van der Waals surface area contributed by atoms with Crippen LogP contribution in [0.4, 0.5) is 10.5 Å². The predicted octanol–water partition coefficient (Wildman–Crippen LogP) is 1.24. The first-order valence-corrected chi connectivity index (χ1v) is 8.30. The molecule has 0 atom stereocenters. The molecule has 2 N–H and O–H groups in total. The van der Waals surface area contributed by atoms with Gasteiger partial charge in [0.2, 0.25) is 11.8 Å². The van der Waals surface area contributed by atoms with Gasteiger partial charge >= 0.3 is 6.03 Å². The van der Waals surface area contributed by atoms with Crippen molar-refractivity contribution in [2.24, 2.45) is 5.92 Å². The minimum Gasteiger partial charge on any atom is -0.337 e. The van der Waals surface area contributed by atoms with E-state index in [0.29, 0.717) is 32.7 Å². The minimum atomic E-state index is -0.324. The average Bonchev–Trinajstić information content (AvgIpc) is 2.60. The van der Waals surface area contributed by atoms with Crippen LogP contribution in [0.1, 0.15) is 19.3 Å². The Balaban J connectivity index is 1.48. The molecule has 2 heterocycles. The largest absolute Gasteiger partial charge is 0.337 e. The van der Waals surface area contributed by atoms with Gasteiger partial charge in [-0.15, -0.1) is 0 Å². The summed E-state index contributed by atoms with van der Waals surface area (Å²) in [7, 11) is 0. The van der Waals surface area contributed by atoms with Crippen molar-refractivity contribution in [3.8, 4) is 0 Å². The molecular weight excluding hydrogens is 308 g/mol. The van der Waals surface area contributed by atoms with E-state index in [1.165, 1.54) is 4.90 Å². The first-order valence-electron chi connectivity index (χ1n) is 8.30. The average molecular weight is 330 g/mol.